The smallest absolute Gasteiger partial charge is 1.00 e. The summed E-state index contributed by atoms with van der Waals surface area (Å²) in [7, 11) is 0. The molecular weight excluding hydrogens is 175 g/mol. The summed E-state index contributed by atoms with van der Waals surface area (Å²) >= 11 is 8.40. The predicted molar refractivity (Wildman–Crippen MR) is 48.2 cm³/mol. The van der Waals surface area contributed by atoms with Crippen LogP contribution < -0.4 is 29.6 Å². The number of thiol groups is 1. The maximum absolute atomic E-state index is 4.94. The maximum atomic E-state index is 4.94. The van der Waals surface area contributed by atoms with Gasteiger partial charge in [0.15, 0.2) is 0 Å². The minimum atomic E-state index is 0. The number of hydrogen-bond donors (Lipinski definition) is 1. The fourth-order valence-electron chi connectivity index (χ4n) is 0.512. The summed E-state index contributed by atoms with van der Waals surface area (Å²) in [6, 6.07) is 0. The summed E-state index contributed by atoms with van der Waals surface area (Å²) in [5.41, 5.74) is 0. The van der Waals surface area contributed by atoms with Crippen LogP contribution in [-0.2, 0) is 4.74 Å². The Morgan fingerprint density at radius 2 is 2.20 bits per heavy atom. The van der Waals surface area contributed by atoms with Gasteiger partial charge in [-0.15, -0.1) is 0 Å². The van der Waals surface area contributed by atoms with E-state index in [1.165, 1.54) is 12.8 Å². The molecule has 0 aliphatic rings. The van der Waals surface area contributed by atoms with Crippen molar-refractivity contribution >= 4 is 29.2 Å². The van der Waals surface area contributed by atoms with Crippen molar-refractivity contribution in [2.45, 2.75) is 26.2 Å². The normalized spacial score (nSPS) is 8.20. The molecule has 0 N–H and O–H groups in total. The van der Waals surface area contributed by atoms with Crippen molar-refractivity contribution < 1.29 is 35.7 Å². The van der Waals surface area contributed by atoms with E-state index in [2.05, 4.69) is 31.8 Å². The van der Waals surface area contributed by atoms with Crippen LogP contribution in [0.1, 0.15) is 27.6 Å². The van der Waals surface area contributed by atoms with Crippen LogP contribution in [0.4, 0.5) is 0 Å². The quantitative estimate of drug-likeness (QED) is 0.276. The van der Waals surface area contributed by atoms with E-state index in [1.807, 2.05) is 0 Å². The molecule has 0 radical (unpaired) electrons. The van der Waals surface area contributed by atoms with Gasteiger partial charge in [-0.2, -0.15) is 0 Å². The zero-order chi connectivity index (χ0) is 7.11. The van der Waals surface area contributed by atoms with Crippen molar-refractivity contribution in [3.63, 3.8) is 0 Å². The van der Waals surface area contributed by atoms with E-state index >= 15 is 0 Å². The molecule has 0 saturated carbocycles. The molecule has 0 spiro atoms. The van der Waals surface area contributed by atoms with Gasteiger partial charge in [0.1, 0.15) is 0 Å². The second kappa shape index (κ2) is 10.2. The van der Waals surface area contributed by atoms with Crippen LogP contribution in [0.25, 0.3) is 0 Å². The number of hydrogen-bond acceptors (Lipinski definition) is 2. The van der Waals surface area contributed by atoms with Crippen LogP contribution in [0.15, 0.2) is 0 Å². The number of thiocarbonyl (C=S) groups is 1. The Hall–Kier alpha value is 1.24. The first-order chi connectivity index (χ1) is 4.27. The van der Waals surface area contributed by atoms with Crippen molar-refractivity contribution in [1.29, 1.82) is 0 Å². The first-order valence-corrected chi connectivity index (χ1v) is 3.98. The molecule has 1 nitrogen and oxygen atoms in total. The van der Waals surface area contributed by atoms with E-state index in [0.717, 1.165) is 13.0 Å². The SMILES string of the molecule is CCCCCOC(=S)S.[H-].[Na+]. The van der Waals surface area contributed by atoms with E-state index in [1.54, 1.807) is 0 Å². The fourth-order valence-corrected chi connectivity index (χ4v) is 0.686. The molecule has 0 aromatic carbocycles. The first kappa shape index (κ1) is 13.8. The second-order valence-corrected chi connectivity index (χ2v) is 2.90. The number of rotatable bonds is 4. The Balaban J connectivity index is -0.000000320. The molecule has 0 rings (SSSR count). The van der Waals surface area contributed by atoms with Crippen LogP contribution in [-0.4, -0.2) is 11.0 Å². The van der Waals surface area contributed by atoms with Crippen molar-refractivity contribution in [2.75, 3.05) is 6.61 Å². The summed E-state index contributed by atoms with van der Waals surface area (Å²) in [5, 5.41) is 0. The zero-order valence-corrected chi connectivity index (χ0v) is 10.3. The molecule has 56 valence electrons. The van der Waals surface area contributed by atoms with E-state index < -0.39 is 0 Å². The zero-order valence-electron chi connectivity index (χ0n) is 7.59. The minimum Gasteiger partial charge on any atom is -1.00 e. The fraction of sp³-hybridized carbons (Fsp3) is 0.833. The van der Waals surface area contributed by atoms with Gasteiger partial charge in [0.2, 0.25) is 4.38 Å². The summed E-state index contributed by atoms with van der Waals surface area (Å²) in [6.07, 6.45) is 3.50. The van der Waals surface area contributed by atoms with Crippen LogP contribution >= 0.6 is 24.8 Å². The largest absolute Gasteiger partial charge is 1.00 e. The molecule has 10 heavy (non-hydrogen) atoms. The van der Waals surface area contributed by atoms with Gasteiger partial charge in [-0.25, -0.2) is 0 Å². The van der Waals surface area contributed by atoms with Crippen LogP contribution in [0.5, 0.6) is 0 Å². The minimum absolute atomic E-state index is 0. The van der Waals surface area contributed by atoms with Crippen LogP contribution in [0.2, 0.25) is 0 Å². The summed E-state index contributed by atoms with van der Waals surface area (Å²) < 4.78 is 5.29. The second-order valence-electron chi connectivity index (χ2n) is 1.82. The molecule has 0 aliphatic carbocycles. The Kier molecular flexibility index (Phi) is 14.1. The predicted octanol–water partition coefficient (Wildman–Crippen LogP) is -0.476. The average Bonchev–Trinajstić information content (AvgIpc) is 1.80. The van der Waals surface area contributed by atoms with Gasteiger partial charge in [0.25, 0.3) is 0 Å². The molecule has 0 aliphatic heterocycles. The first-order valence-electron chi connectivity index (χ1n) is 3.13. The standard InChI is InChI=1S/C6H12OS2.Na.H/c1-2-3-4-5-7-6(8)9;;/h2-5H2,1H3,(H,8,9);;/q;+1;-1. The third-order valence-corrected chi connectivity index (χ3v) is 1.22. The maximum Gasteiger partial charge on any atom is 1.00 e. The molecular formula is C6H13NaOS2. The molecule has 0 unspecified atom stereocenters. The molecule has 0 bridgehead atoms. The van der Waals surface area contributed by atoms with Crippen molar-refractivity contribution in [3.8, 4) is 0 Å². The van der Waals surface area contributed by atoms with Crippen molar-refractivity contribution in [2.24, 2.45) is 0 Å². The van der Waals surface area contributed by atoms with E-state index in [0.29, 0.717) is 4.38 Å². The summed E-state index contributed by atoms with van der Waals surface area (Å²) in [4.78, 5) is 0. The Morgan fingerprint density at radius 3 is 2.60 bits per heavy atom. The summed E-state index contributed by atoms with van der Waals surface area (Å²) in [6.45, 7) is 2.87. The van der Waals surface area contributed by atoms with Gasteiger partial charge >= 0.3 is 29.6 Å². The number of ether oxygens (including phenoxy) is 1. The van der Waals surface area contributed by atoms with Crippen LogP contribution in [0.3, 0.4) is 0 Å². The molecule has 0 heterocycles. The molecule has 0 atom stereocenters. The van der Waals surface area contributed by atoms with Gasteiger partial charge in [0.05, 0.1) is 6.61 Å². The van der Waals surface area contributed by atoms with Gasteiger partial charge < -0.3 is 6.16 Å². The van der Waals surface area contributed by atoms with Gasteiger partial charge in [-0.3, -0.25) is 0 Å². The van der Waals surface area contributed by atoms with Gasteiger partial charge in [-0.05, 0) is 18.6 Å². The van der Waals surface area contributed by atoms with E-state index in [9.17, 15) is 0 Å². The molecule has 0 saturated heterocycles. The Labute approximate surface area is 97.1 Å². The topological polar surface area (TPSA) is 9.23 Å². The van der Waals surface area contributed by atoms with E-state index in [4.69, 9.17) is 4.74 Å². The molecule has 0 aromatic heterocycles. The van der Waals surface area contributed by atoms with E-state index in [-0.39, 0.29) is 31.0 Å². The Bertz CT molecular complexity index is 92.7. The molecule has 0 aromatic rings. The third-order valence-electron chi connectivity index (χ3n) is 0.973. The Morgan fingerprint density at radius 1 is 1.60 bits per heavy atom. The summed E-state index contributed by atoms with van der Waals surface area (Å²) in [5.74, 6) is 0. The van der Waals surface area contributed by atoms with Gasteiger partial charge in [-0.1, -0.05) is 32.4 Å². The number of unbranched alkanes of at least 4 members (excludes halogenated alkanes) is 2. The van der Waals surface area contributed by atoms with Crippen molar-refractivity contribution in [1.82, 2.24) is 0 Å². The average molecular weight is 188 g/mol. The molecule has 4 heteroatoms. The molecule has 0 amide bonds. The van der Waals surface area contributed by atoms with Gasteiger partial charge in [0, 0.05) is 0 Å². The van der Waals surface area contributed by atoms with Crippen LogP contribution in [0, 0.1) is 0 Å². The third kappa shape index (κ3) is 12.0. The van der Waals surface area contributed by atoms with Crippen molar-refractivity contribution in [3.05, 3.63) is 0 Å². The monoisotopic (exact) mass is 188 g/mol. The molecule has 0 fully saturated rings.